The first-order valence-electron chi connectivity index (χ1n) is 11.6. The number of fused-ring (bicyclic) bond motifs is 1. The number of aromatic nitrogens is 2. The fourth-order valence-electron chi connectivity index (χ4n) is 3.90. The first-order valence-corrected chi connectivity index (χ1v) is 12.4. The van der Waals surface area contributed by atoms with E-state index in [1.54, 1.807) is 18.2 Å². The molecule has 2 aromatic heterocycles. The SMILES string of the molecule is COn1cnc2cc(-c3cc(OCc4ccccc4C(F)(F)F)c(C(N)=O)s3)c(OCCCN(C)C)cc21. The summed E-state index contributed by atoms with van der Waals surface area (Å²) in [7, 11) is 5.46. The highest BCUT2D eigenvalue weighted by molar-refractivity contribution is 7.17. The first kappa shape index (κ1) is 27.3. The smallest absolute Gasteiger partial charge is 0.416 e. The van der Waals surface area contributed by atoms with Crippen molar-refractivity contribution in [3.05, 3.63) is 64.8 Å². The van der Waals surface area contributed by atoms with Crippen LogP contribution in [0.25, 0.3) is 21.5 Å². The lowest BCUT2D eigenvalue weighted by molar-refractivity contribution is -0.138. The van der Waals surface area contributed by atoms with E-state index >= 15 is 0 Å². The zero-order valence-electron chi connectivity index (χ0n) is 21.0. The Hall–Kier alpha value is -3.77. The molecule has 202 valence electrons. The Morgan fingerprint density at radius 1 is 1.13 bits per heavy atom. The van der Waals surface area contributed by atoms with Gasteiger partial charge >= 0.3 is 6.18 Å². The minimum Gasteiger partial charge on any atom is -0.493 e. The van der Waals surface area contributed by atoms with Crippen molar-refractivity contribution >= 4 is 28.3 Å². The van der Waals surface area contributed by atoms with Crippen molar-refractivity contribution in [1.29, 1.82) is 0 Å². The van der Waals surface area contributed by atoms with E-state index in [1.807, 2.05) is 19.0 Å². The maximum Gasteiger partial charge on any atom is 0.416 e. The van der Waals surface area contributed by atoms with Crippen molar-refractivity contribution in [1.82, 2.24) is 14.6 Å². The molecular weight excluding hydrogens is 521 g/mol. The highest BCUT2D eigenvalue weighted by atomic mass is 32.1. The average Bonchev–Trinajstić information content (AvgIpc) is 3.48. The molecule has 0 fully saturated rings. The lowest BCUT2D eigenvalue weighted by Gasteiger charge is -2.14. The summed E-state index contributed by atoms with van der Waals surface area (Å²) >= 11 is 1.07. The molecule has 8 nitrogen and oxygen atoms in total. The van der Waals surface area contributed by atoms with Gasteiger partial charge in [0.25, 0.3) is 5.91 Å². The van der Waals surface area contributed by atoms with Crippen LogP contribution in [0.5, 0.6) is 11.5 Å². The van der Waals surface area contributed by atoms with E-state index < -0.39 is 24.3 Å². The molecule has 38 heavy (non-hydrogen) atoms. The normalized spacial score (nSPS) is 11.8. The van der Waals surface area contributed by atoms with Crippen LogP contribution in [0.3, 0.4) is 0 Å². The summed E-state index contributed by atoms with van der Waals surface area (Å²) in [6.07, 6.45) is -2.23. The molecule has 0 radical (unpaired) electrons. The number of halogens is 3. The number of imidazole rings is 1. The highest BCUT2D eigenvalue weighted by Gasteiger charge is 2.33. The third-order valence-corrected chi connectivity index (χ3v) is 6.88. The zero-order valence-corrected chi connectivity index (χ0v) is 21.9. The van der Waals surface area contributed by atoms with Crippen LogP contribution in [-0.4, -0.2) is 54.9 Å². The molecule has 0 atom stereocenters. The number of carbonyl (C=O) groups excluding carboxylic acids is 1. The molecule has 0 unspecified atom stereocenters. The summed E-state index contributed by atoms with van der Waals surface area (Å²) in [4.78, 5) is 24.6. The second-order valence-electron chi connectivity index (χ2n) is 8.71. The standard InChI is InChI=1S/C26H27F3N4O4S/c1-32(2)9-6-10-36-21-12-20-19(31-15-33(20)35-3)11-17(21)23-13-22(24(38-23)25(30)34)37-14-16-7-4-5-8-18(16)26(27,28)29/h4-5,7-8,11-13,15H,6,9-10,14H2,1-3H3,(H2,30,34). The number of benzene rings is 2. The Labute approximate surface area is 221 Å². The molecule has 0 aliphatic carbocycles. The third-order valence-electron chi connectivity index (χ3n) is 5.71. The molecule has 0 spiro atoms. The molecule has 2 aromatic carbocycles. The van der Waals surface area contributed by atoms with E-state index in [0.717, 1.165) is 30.4 Å². The summed E-state index contributed by atoms with van der Waals surface area (Å²) < 4.78 is 53.6. The molecule has 0 saturated carbocycles. The van der Waals surface area contributed by atoms with Gasteiger partial charge in [-0.2, -0.15) is 17.9 Å². The third kappa shape index (κ3) is 6.03. The van der Waals surface area contributed by atoms with E-state index in [0.29, 0.717) is 33.8 Å². The molecule has 0 aliphatic rings. The fourth-order valence-corrected chi connectivity index (χ4v) is 4.87. The lowest BCUT2D eigenvalue weighted by atomic mass is 10.1. The van der Waals surface area contributed by atoms with Crippen molar-refractivity contribution in [2.45, 2.75) is 19.2 Å². The summed E-state index contributed by atoms with van der Waals surface area (Å²) in [5.41, 5.74) is 6.69. The number of carbonyl (C=O) groups is 1. The lowest BCUT2D eigenvalue weighted by Crippen LogP contribution is -2.15. The van der Waals surface area contributed by atoms with Crippen LogP contribution in [-0.2, 0) is 12.8 Å². The van der Waals surface area contributed by atoms with E-state index in [-0.39, 0.29) is 16.2 Å². The van der Waals surface area contributed by atoms with Gasteiger partial charge in [0, 0.05) is 28.6 Å². The van der Waals surface area contributed by atoms with Gasteiger partial charge in [0.1, 0.15) is 41.9 Å². The number of hydrogen-bond acceptors (Lipinski definition) is 7. The molecule has 0 bridgehead atoms. The van der Waals surface area contributed by atoms with Crippen LogP contribution in [0.1, 0.15) is 27.2 Å². The van der Waals surface area contributed by atoms with Crippen molar-refractivity contribution in [3.8, 4) is 21.9 Å². The van der Waals surface area contributed by atoms with Crippen LogP contribution in [0.2, 0.25) is 0 Å². The number of rotatable bonds is 11. The number of nitrogens with two attached hydrogens (primary N) is 1. The van der Waals surface area contributed by atoms with Gasteiger partial charge in [-0.1, -0.05) is 18.2 Å². The molecule has 1 amide bonds. The van der Waals surface area contributed by atoms with E-state index in [1.165, 1.54) is 36.4 Å². The van der Waals surface area contributed by atoms with Gasteiger partial charge in [0.2, 0.25) is 0 Å². The van der Waals surface area contributed by atoms with E-state index in [2.05, 4.69) is 4.98 Å². The van der Waals surface area contributed by atoms with Gasteiger partial charge in [0.05, 0.1) is 17.7 Å². The molecule has 0 saturated heterocycles. The Morgan fingerprint density at radius 2 is 1.89 bits per heavy atom. The number of hydrogen-bond donors (Lipinski definition) is 1. The maximum absolute atomic E-state index is 13.4. The zero-order chi connectivity index (χ0) is 27.4. The molecule has 2 N–H and O–H groups in total. The van der Waals surface area contributed by atoms with E-state index in [9.17, 15) is 18.0 Å². The molecule has 2 heterocycles. The Kier molecular flexibility index (Phi) is 8.12. The minimum atomic E-state index is -4.54. The largest absolute Gasteiger partial charge is 0.493 e. The van der Waals surface area contributed by atoms with E-state index in [4.69, 9.17) is 20.0 Å². The molecule has 4 rings (SSSR count). The number of alkyl halides is 3. The van der Waals surface area contributed by atoms with Gasteiger partial charge in [0.15, 0.2) is 0 Å². The van der Waals surface area contributed by atoms with Gasteiger partial charge in [-0.05, 0) is 38.7 Å². The summed E-state index contributed by atoms with van der Waals surface area (Å²) in [6, 6.07) is 10.3. The van der Waals surface area contributed by atoms with Gasteiger partial charge < -0.3 is 24.9 Å². The predicted molar refractivity (Wildman–Crippen MR) is 139 cm³/mol. The van der Waals surface area contributed by atoms with Crippen molar-refractivity contribution in [3.63, 3.8) is 0 Å². The minimum absolute atomic E-state index is 0.0559. The van der Waals surface area contributed by atoms with Crippen LogP contribution >= 0.6 is 11.3 Å². The van der Waals surface area contributed by atoms with Gasteiger partial charge in [-0.25, -0.2) is 4.98 Å². The molecule has 0 aliphatic heterocycles. The van der Waals surface area contributed by atoms with Gasteiger partial charge in [-0.15, -0.1) is 11.3 Å². The van der Waals surface area contributed by atoms with Crippen LogP contribution in [0.4, 0.5) is 13.2 Å². The topological polar surface area (TPSA) is 91.8 Å². The van der Waals surface area contributed by atoms with Crippen LogP contribution < -0.4 is 20.0 Å². The Bertz CT molecular complexity index is 1430. The number of nitrogens with zero attached hydrogens (tertiary/aromatic N) is 3. The van der Waals surface area contributed by atoms with Crippen molar-refractivity contribution < 1.29 is 32.3 Å². The second kappa shape index (κ2) is 11.3. The Morgan fingerprint density at radius 3 is 2.58 bits per heavy atom. The second-order valence-corrected chi connectivity index (χ2v) is 9.76. The number of amides is 1. The van der Waals surface area contributed by atoms with Crippen molar-refractivity contribution in [2.75, 3.05) is 34.4 Å². The average molecular weight is 549 g/mol. The van der Waals surface area contributed by atoms with Gasteiger partial charge in [-0.3, -0.25) is 4.79 Å². The number of primary amides is 1. The monoisotopic (exact) mass is 548 g/mol. The number of ether oxygens (including phenoxy) is 2. The predicted octanol–water partition coefficient (Wildman–Crippen LogP) is 4.85. The quantitative estimate of drug-likeness (QED) is 0.270. The molecule has 12 heteroatoms. The highest BCUT2D eigenvalue weighted by Crippen LogP contribution is 2.42. The number of thiophene rings is 1. The summed E-state index contributed by atoms with van der Waals surface area (Å²) in [5, 5.41) is 0. The summed E-state index contributed by atoms with van der Waals surface area (Å²) in [5.74, 6) is -0.129. The Balaban J connectivity index is 1.69. The van der Waals surface area contributed by atoms with Crippen LogP contribution in [0.15, 0.2) is 48.8 Å². The first-order chi connectivity index (χ1) is 18.1. The molecule has 4 aromatic rings. The van der Waals surface area contributed by atoms with Crippen molar-refractivity contribution in [2.24, 2.45) is 5.73 Å². The molecular formula is C26H27F3N4O4S. The maximum atomic E-state index is 13.4. The fraction of sp³-hybridized carbons (Fsp3) is 0.308. The summed E-state index contributed by atoms with van der Waals surface area (Å²) in [6.45, 7) is 0.872. The van der Waals surface area contributed by atoms with Crippen LogP contribution in [0, 0.1) is 0 Å².